The third-order valence-electron chi connectivity index (χ3n) is 3.91. The van der Waals surface area contributed by atoms with Gasteiger partial charge in [0.2, 0.25) is 6.79 Å². The number of carbonyl (C=O) groups excluding carboxylic acids is 1. The molecule has 3 rings (SSSR count). The number of ether oxygens (including phenoxy) is 3. The zero-order valence-corrected chi connectivity index (χ0v) is 14.2. The van der Waals surface area contributed by atoms with Crippen LogP contribution < -0.4 is 9.47 Å². The molecule has 0 N–H and O–H groups in total. The number of rotatable bonds is 6. The first-order valence-electron chi connectivity index (χ1n) is 7.85. The van der Waals surface area contributed by atoms with E-state index in [2.05, 4.69) is 6.92 Å². The highest BCUT2D eigenvalue weighted by Crippen LogP contribution is 2.38. The third-order valence-corrected chi connectivity index (χ3v) is 4.78. The van der Waals surface area contributed by atoms with Gasteiger partial charge in [-0.1, -0.05) is 19.9 Å². The van der Waals surface area contributed by atoms with E-state index in [-0.39, 0.29) is 18.9 Å². The van der Waals surface area contributed by atoms with Gasteiger partial charge in [-0.05, 0) is 47.5 Å². The Hall–Kier alpha value is -2.01. The summed E-state index contributed by atoms with van der Waals surface area (Å²) in [7, 11) is 0. The van der Waals surface area contributed by atoms with Crippen molar-refractivity contribution in [3.05, 3.63) is 45.6 Å². The maximum Gasteiger partial charge on any atom is 0.311 e. The molecule has 122 valence electrons. The van der Waals surface area contributed by atoms with Crippen molar-refractivity contribution in [2.24, 2.45) is 0 Å². The van der Waals surface area contributed by atoms with Gasteiger partial charge in [0.05, 0.1) is 6.42 Å². The average molecular weight is 332 g/mol. The van der Waals surface area contributed by atoms with E-state index in [1.165, 1.54) is 0 Å². The fourth-order valence-electron chi connectivity index (χ4n) is 2.73. The molecule has 23 heavy (non-hydrogen) atoms. The summed E-state index contributed by atoms with van der Waals surface area (Å²) >= 11 is 1.57. The van der Waals surface area contributed by atoms with Crippen LogP contribution in [-0.2, 0) is 22.4 Å². The van der Waals surface area contributed by atoms with E-state index in [0.29, 0.717) is 6.42 Å². The molecule has 1 aromatic carbocycles. The predicted molar refractivity (Wildman–Crippen MR) is 89.1 cm³/mol. The molecule has 2 aromatic rings. The first-order chi connectivity index (χ1) is 11.2. The van der Waals surface area contributed by atoms with Crippen molar-refractivity contribution in [2.75, 3.05) is 6.79 Å². The van der Waals surface area contributed by atoms with Gasteiger partial charge in [-0.3, -0.25) is 4.79 Å². The lowest BCUT2D eigenvalue weighted by atomic mass is 9.98. The molecule has 0 bridgehead atoms. The molecule has 0 spiro atoms. The summed E-state index contributed by atoms with van der Waals surface area (Å²) < 4.78 is 16.6. The number of hydrogen-bond acceptors (Lipinski definition) is 5. The largest absolute Gasteiger partial charge is 0.457 e. The molecule has 1 aliphatic rings. The quantitative estimate of drug-likeness (QED) is 0.741. The molecule has 0 fully saturated rings. The van der Waals surface area contributed by atoms with E-state index in [4.69, 9.17) is 14.2 Å². The second-order valence-electron chi connectivity index (χ2n) is 5.40. The predicted octanol–water partition coefficient (Wildman–Crippen LogP) is 4.28. The first-order valence-corrected chi connectivity index (χ1v) is 8.73. The topological polar surface area (TPSA) is 44.8 Å². The lowest BCUT2D eigenvalue weighted by Gasteiger charge is -2.20. The van der Waals surface area contributed by atoms with Crippen LogP contribution in [0.4, 0.5) is 0 Å². The van der Waals surface area contributed by atoms with Crippen molar-refractivity contribution >= 4 is 17.3 Å². The van der Waals surface area contributed by atoms with E-state index in [0.717, 1.165) is 40.3 Å². The zero-order valence-electron chi connectivity index (χ0n) is 13.3. The number of benzene rings is 1. The van der Waals surface area contributed by atoms with Crippen LogP contribution in [0.2, 0.25) is 0 Å². The maximum atomic E-state index is 12.2. The Labute approximate surface area is 140 Å². The minimum atomic E-state index is -0.257. The Bertz CT molecular complexity index is 679. The summed E-state index contributed by atoms with van der Waals surface area (Å²) in [5.41, 5.74) is 2.14. The Morgan fingerprint density at radius 2 is 2.09 bits per heavy atom. The van der Waals surface area contributed by atoms with Crippen molar-refractivity contribution < 1.29 is 19.0 Å². The Morgan fingerprint density at radius 3 is 2.74 bits per heavy atom. The van der Waals surface area contributed by atoms with Gasteiger partial charge in [-0.25, -0.2) is 0 Å². The molecule has 0 amide bonds. The fourth-order valence-corrected chi connectivity index (χ4v) is 3.42. The molecule has 1 aliphatic heterocycles. The van der Waals surface area contributed by atoms with Crippen molar-refractivity contribution in [1.82, 2.24) is 0 Å². The summed E-state index contributed by atoms with van der Waals surface area (Å²) in [4.78, 5) is 13.2. The van der Waals surface area contributed by atoms with E-state index in [9.17, 15) is 4.79 Å². The lowest BCUT2D eigenvalue weighted by molar-refractivity contribution is -0.148. The number of esters is 1. The summed E-state index contributed by atoms with van der Waals surface area (Å²) in [5.74, 6) is 1.30. The smallest absolute Gasteiger partial charge is 0.311 e. The molecular formula is C18H20O4S. The number of carbonyl (C=O) groups is 1. The van der Waals surface area contributed by atoms with Crippen LogP contribution in [0.25, 0.3) is 0 Å². The molecule has 5 heteroatoms. The van der Waals surface area contributed by atoms with Crippen LogP contribution in [0.1, 0.15) is 42.4 Å². The SMILES string of the molecule is CCc1cc2c(cc1C(CC)OC(=O)Cc1cccs1)OCO2. The minimum absolute atomic E-state index is 0.195. The van der Waals surface area contributed by atoms with Gasteiger partial charge in [-0.2, -0.15) is 0 Å². The minimum Gasteiger partial charge on any atom is -0.457 e. The van der Waals surface area contributed by atoms with Gasteiger partial charge in [0.1, 0.15) is 6.10 Å². The van der Waals surface area contributed by atoms with Crippen LogP contribution in [0.15, 0.2) is 29.6 Å². The molecule has 2 heterocycles. The maximum absolute atomic E-state index is 12.2. The van der Waals surface area contributed by atoms with Gasteiger partial charge in [0.15, 0.2) is 11.5 Å². The zero-order chi connectivity index (χ0) is 16.2. The standard InChI is InChI=1S/C18H20O4S/c1-3-12-8-16-17(21-11-20-16)10-14(12)15(4-2)22-18(19)9-13-6-5-7-23-13/h5-8,10,15H,3-4,9,11H2,1-2H3. The highest BCUT2D eigenvalue weighted by molar-refractivity contribution is 7.10. The van der Waals surface area contributed by atoms with Crippen LogP contribution in [0.3, 0.4) is 0 Å². The molecular weight excluding hydrogens is 312 g/mol. The molecule has 0 saturated carbocycles. The van der Waals surface area contributed by atoms with Gasteiger partial charge < -0.3 is 14.2 Å². The van der Waals surface area contributed by atoms with E-state index in [1.54, 1.807) is 11.3 Å². The van der Waals surface area contributed by atoms with Crippen LogP contribution in [0, 0.1) is 0 Å². The van der Waals surface area contributed by atoms with Crippen LogP contribution in [0.5, 0.6) is 11.5 Å². The second kappa shape index (κ2) is 7.04. The van der Waals surface area contributed by atoms with E-state index < -0.39 is 0 Å². The van der Waals surface area contributed by atoms with Gasteiger partial charge in [0, 0.05) is 4.88 Å². The second-order valence-corrected chi connectivity index (χ2v) is 6.43. The van der Waals surface area contributed by atoms with Crippen LogP contribution >= 0.6 is 11.3 Å². The summed E-state index contributed by atoms with van der Waals surface area (Å²) in [6.07, 6.45) is 1.64. The monoisotopic (exact) mass is 332 g/mol. The first kappa shape index (κ1) is 15.9. The molecule has 0 saturated heterocycles. The van der Waals surface area contributed by atoms with E-state index in [1.807, 2.05) is 36.6 Å². The molecule has 1 atom stereocenters. The molecule has 1 unspecified atom stereocenters. The van der Waals surface area contributed by atoms with Crippen molar-refractivity contribution in [1.29, 1.82) is 0 Å². The van der Waals surface area contributed by atoms with Gasteiger partial charge in [-0.15, -0.1) is 11.3 Å². The summed E-state index contributed by atoms with van der Waals surface area (Å²) in [6, 6.07) is 7.84. The Morgan fingerprint density at radius 1 is 1.30 bits per heavy atom. The summed E-state index contributed by atoms with van der Waals surface area (Å²) in [6.45, 7) is 4.35. The highest BCUT2D eigenvalue weighted by Gasteiger charge is 2.23. The number of aryl methyl sites for hydroxylation is 1. The average Bonchev–Trinajstić information content (AvgIpc) is 3.22. The molecule has 4 nitrogen and oxygen atoms in total. The molecule has 1 aromatic heterocycles. The van der Waals surface area contributed by atoms with Gasteiger partial charge >= 0.3 is 5.97 Å². The normalized spacial score (nSPS) is 13.8. The highest BCUT2D eigenvalue weighted by atomic mass is 32.1. The van der Waals surface area contributed by atoms with Crippen molar-refractivity contribution in [3.63, 3.8) is 0 Å². The van der Waals surface area contributed by atoms with Crippen molar-refractivity contribution in [2.45, 2.75) is 39.2 Å². The van der Waals surface area contributed by atoms with Gasteiger partial charge in [0.25, 0.3) is 0 Å². The number of thiophene rings is 1. The number of hydrogen-bond donors (Lipinski definition) is 0. The van der Waals surface area contributed by atoms with E-state index >= 15 is 0 Å². The Kier molecular flexibility index (Phi) is 4.86. The third kappa shape index (κ3) is 3.50. The fraction of sp³-hybridized carbons (Fsp3) is 0.389. The lowest BCUT2D eigenvalue weighted by Crippen LogP contribution is -2.14. The summed E-state index contributed by atoms with van der Waals surface area (Å²) in [5, 5.41) is 1.97. The van der Waals surface area contributed by atoms with Crippen molar-refractivity contribution in [3.8, 4) is 11.5 Å². The molecule has 0 radical (unpaired) electrons. The molecule has 0 aliphatic carbocycles. The Balaban J connectivity index is 1.79. The van der Waals surface area contributed by atoms with Crippen LogP contribution in [-0.4, -0.2) is 12.8 Å². The number of fused-ring (bicyclic) bond motifs is 1.